The van der Waals surface area contributed by atoms with Gasteiger partial charge in [-0.1, -0.05) is 0 Å². The number of anilines is 1. The molecule has 7 nitrogen and oxygen atoms in total. The van der Waals surface area contributed by atoms with Crippen LogP contribution in [0.4, 0.5) is 15.8 Å². The van der Waals surface area contributed by atoms with Crippen molar-refractivity contribution in [1.29, 1.82) is 0 Å². The van der Waals surface area contributed by atoms with Gasteiger partial charge in [-0.15, -0.1) is 0 Å². The van der Waals surface area contributed by atoms with Gasteiger partial charge in [-0.2, -0.15) is 0 Å². The number of nitro groups is 1. The molecule has 0 radical (unpaired) electrons. The van der Waals surface area contributed by atoms with Crippen LogP contribution in [0, 0.1) is 15.9 Å². The van der Waals surface area contributed by atoms with Crippen molar-refractivity contribution in [1.82, 2.24) is 4.90 Å². The van der Waals surface area contributed by atoms with E-state index in [0.717, 1.165) is 0 Å². The lowest BCUT2D eigenvalue weighted by molar-refractivity contribution is -0.384. The minimum atomic E-state index is -0.561. The minimum Gasteiger partial charge on any atom is -0.332 e. The lowest BCUT2D eigenvalue weighted by Crippen LogP contribution is -2.34. The molecular formula is C16H14FN3O4. The molecule has 2 amide bonds. The Morgan fingerprint density at radius 1 is 1.12 bits per heavy atom. The molecule has 2 rings (SSSR count). The second-order valence-corrected chi connectivity index (χ2v) is 5.02. The van der Waals surface area contributed by atoms with Gasteiger partial charge in [0.15, 0.2) is 0 Å². The minimum absolute atomic E-state index is 0.122. The summed E-state index contributed by atoms with van der Waals surface area (Å²) in [7, 11) is 1.44. The van der Waals surface area contributed by atoms with Gasteiger partial charge in [-0.3, -0.25) is 19.7 Å². The lowest BCUT2D eigenvalue weighted by Gasteiger charge is -2.16. The maximum absolute atomic E-state index is 12.8. The normalized spacial score (nSPS) is 10.1. The van der Waals surface area contributed by atoms with E-state index in [9.17, 15) is 24.1 Å². The zero-order valence-corrected chi connectivity index (χ0v) is 12.7. The van der Waals surface area contributed by atoms with E-state index in [4.69, 9.17) is 0 Å². The van der Waals surface area contributed by atoms with Crippen LogP contribution in [0.2, 0.25) is 0 Å². The van der Waals surface area contributed by atoms with Crippen molar-refractivity contribution in [2.24, 2.45) is 0 Å². The van der Waals surface area contributed by atoms with Crippen LogP contribution in [0.5, 0.6) is 0 Å². The first-order valence-electron chi connectivity index (χ1n) is 6.92. The van der Waals surface area contributed by atoms with Gasteiger partial charge in [-0.25, -0.2) is 4.39 Å². The van der Waals surface area contributed by atoms with Crippen molar-refractivity contribution >= 4 is 23.2 Å². The number of likely N-dealkylation sites (N-methyl/N-ethyl adjacent to an activating group) is 1. The van der Waals surface area contributed by atoms with Crippen LogP contribution in [0.15, 0.2) is 48.5 Å². The highest BCUT2D eigenvalue weighted by Gasteiger charge is 2.16. The first kappa shape index (κ1) is 17.1. The summed E-state index contributed by atoms with van der Waals surface area (Å²) in [5.74, 6) is -1.31. The second kappa shape index (κ2) is 7.32. The maximum Gasteiger partial charge on any atom is 0.269 e. The Kier molecular flexibility index (Phi) is 5.20. The van der Waals surface area contributed by atoms with E-state index in [1.165, 1.54) is 60.5 Å². The Balaban J connectivity index is 1.96. The average molecular weight is 331 g/mol. The molecule has 0 saturated heterocycles. The Bertz CT molecular complexity index is 760. The number of nitro benzene ring substituents is 1. The fraction of sp³-hybridized carbons (Fsp3) is 0.125. The average Bonchev–Trinajstić information content (AvgIpc) is 2.56. The fourth-order valence-electron chi connectivity index (χ4n) is 1.97. The van der Waals surface area contributed by atoms with E-state index in [0.29, 0.717) is 5.69 Å². The SMILES string of the molecule is CN(CC(=O)Nc1ccc(F)cc1)C(=O)c1ccc([N+](=O)[O-])cc1. The number of non-ortho nitro benzene ring substituents is 1. The molecule has 124 valence electrons. The van der Waals surface area contributed by atoms with Crippen LogP contribution in [-0.2, 0) is 4.79 Å². The molecule has 2 aromatic carbocycles. The van der Waals surface area contributed by atoms with Crippen molar-refractivity contribution in [3.05, 3.63) is 70.0 Å². The van der Waals surface area contributed by atoms with Crippen molar-refractivity contribution in [2.45, 2.75) is 0 Å². The Hall–Kier alpha value is -3.29. The molecule has 0 atom stereocenters. The number of carbonyl (C=O) groups is 2. The molecule has 0 unspecified atom stereocenters. The molecule has 0 aliphatic carbocycles. The van der Waals surface area contributed by atoms with Crippen molar-refractivity contribution in [3.63, 3.8) is 0 Å². The molecule has 0 aliphatic heterocycles. The molecule has 0 fully saturated rings. The van der Waals surface area contributed by atoms with Crippen molar-refractivity contribution in [2.75, 3.05) is 18.9 Å². The number of hydrogen-bond donors (Lipinski definition) is 1. The third-order valence-electron chi connectivity index (χ3n) is 3.18. The van der Waals surface area contributed by atoms with Gasteiger partial charge in [0.25, 0.3) is 11.6 Å². The van der Waals surface area contributed by atoms with Gasteiger partial charge in [0.1, 0.15) is 5.82 Å². The summed E-state index contributed by atoms with van der Waals surface area (Å²) < 4.78 is 12.8. The number of nitrogens with zero attached hydrogens (tertiary/aromatic N) is 2. The van der Waals surface area contributed by atoms with E-state index < -0.39 is 22.6 Å². The van der Waals surface area contributed by atoms with Crippen LogP contribution in [-0.4, -0.2) is 35.2 Å². The third kappa shape index (κ3) is 4.35. The quantitative estimate of drug-likeness (QED) is 0.673. The lowest BCUT2D eigenvalue weighted by atomic mass is 10.2. The Morgan fingerprint density at radius 2 is 1.71 bits per heavy atom. The third-order valence-corrected chi connectivity index (χ3v) is 3.18. The number of amides is 2. The van der Waals surface area contributed by atoms with Crippen LogP contribution < -0.4 is 5.32 Å². The molecule has 8 heteroatoms. The molecular weight excluding hydrogens is 317 g/mol. The standard InChI is InChI=1S/C16H14FN3O4/c1-19(10-15(21)18-13-6-4-12(17)5-7-13)16(22)11-2-8-14(9-3-11)20(23)24/h2-9H,10H2,1H3,(H,18,21). The van der Waals surface area contributed by atoms with Gasteiger partial charge in [0.05, 0.1) is 11.5 Å². The van der Waals surface area contributed by atoms with Crippen molar-refractivity contribution < 1.29 is 18.9 Å². The van der Waals surface area contributed by atoms with E-state index in [1.807, 2.05) is 0 Å². The Labute approximate surface area is 136 Å². The predicted octanol–water partition coefficient (Wildman–Crippen LogP) is 2.44. The zero-order valence-electron chi connectivity index (χ0n) is 12.7. The molecule has 0 saturated carbocycles. The summed E-state index contributed by atoms with van der Waals surface area (Å²) in [6, 6.07) is 10.3. The summed E-state index contributed by atoms with van der Waals surface area (Å²) in [5.41, 5.74) is 0.526. The molecule has 0 bridgehead atoms. The maximum atomic E-state index is 12.8. The first-order valence-corrected chi connectivity index (χ1v) is 6.92. The summed E-state index contributed by atoms with van der Waals surface area (Å²) in [6.07, 6.45) is 0. The van der Waals surface area contributed by atoms with Crippen LogP contribution >= 0.6 is 0 Å². The summed E-state index contributed by atoms with van der Waals surface area (Å²) in [5, 5.41) is 13.1. The summed E-state index contributed by atoms with van der Waals surface area (Å²) in [6.45, 7) is -0.215. The van der Waals surface area contributed by atoms with Gasteiger partial charge < -0.3 is 10.2 Å². The highest BCUT2D eigenvalue weighted by Crippen LogP contribution is 2.13. The number of hydrogen-bond acceptors (Lipinski definition) is 4. The topological polar surface area (TPSA) is 92.6 Å². The van der Waals surface area contributed by atoms with Gasteiger partial charge in [0, 0.05) is 30.4 Å². The largest absolute Gasteiger partial charge is 0.332 e. The number of carbonyl (C=O) groups excluding carboxylic acids is 2. The molecule has 24 heavy (non-hydrogen) atoms. The molecule has 0 aromatic heterocycles. The summed E-state index contributed by atoms with van der Waals surface area (Å²) >= 11 is 0. The van der Waals surface area contributed by atoms with Gasteiger partial charge in [0.2, 0.25) is 5.91 Å². The highest BCUT2D eigenvalue weighted by molar-refractivity contribution is 5.99. The van der Waals surface area contributed by atoms with E-state index >= 15 is 0 Å². The van der Waals surface area contributed by atoms with Gasteiger partial charge >= 0.3 is 0 Å². The smallest absolute Gasteiger partial charge is 0.269 e. The van der Waals surface area contributed by atoms with E-state index in [2.05, 4.69) is 5.32 Å². The van der Waals surface area contributed by atoms with E-state index in [-0.39, 0.29) is 17.8 Å². The fourth-order valence-corrected chi connectivity index (χ4v) is 1.97. The van der Waals surface area contributed by atoms with Crippen LogP contribution in [0.3, 0.4) is 0 Å². The second-order valence-electron chi connectivity index (χ2n) is 5.02. The monoisotopic (exact) mass is 331 g/mol. The molecule has 0 spiro atoms. The summed E-state index contributed by atoms with van der Waals surface area (Å²) in [4.78, 5) is 35.3. The molecule has 2 aromatic rings. The van der Waals surface area contributed by atoms with Crippen LogP contribution in [0.25, 0.3) is 0 Å². The van der Waals surface area contributed by atoms with Crippen molar-refractivity contribution in [3.8, 4) is 0 Å². The first-order chi connectivity index (χ1) is 11.4. The molecule has 0 heterocycles. The number of halogens is 1. The molecule has 1 N–H and O–H groups in total. The van der Waals surface area contributed by atoms with E-state index in [1.54, 1.807) is 0 Å². The zero-order chi connectivity index (χ0) is 17.7. The number of benzene rings is 2. The number of rotatable bonds is 5. The predicted molar refractivity (Wildman–Crippen MR) is 85.1 cm³/mol. The molecule has 0 aliphatic rings. The Morgan fingerprint density at radius 3 is 2.25 bits per heavy atom. The number of nitrogens with one attached hydrogen (secondary N) is 1. The van der Waals surface area contributed by atoms with Gasteiger partial charge in [-0.05, 0) is 36.4 Å². The highest BCUT2D eigenvalue weighted by atomic mass is 19.1. The van der Waals surface area contributed by atoms with Crippen LogP contribution in [0.1, 0.15) is 10.4 Å².